The summed E-state index contributed by atoms with van der Waals surface area (Å²) >= 11 is 2.18. The number of aryl methyl sites for hydroxylation is 2. The van der Waals surface area contributed by atoms with Gasteiger partial charge in [0, 0.05) is 9.26 Å². The molecule has 3 nitrogen and oxygen atoms in total. The molecule has 1 amide bonds. The largest absolute Gasteiger partial charge is 0.508 e. The SMILES string of the molecule is Cc1cc(O)ccc1NC(=O)c1cccc(C)c1I. The number of phenolic OH excluding ortho intramolecular Hbond substituents is 1. The second-order valence-corrected chi connectivity index (χ2v) is 5.47. The summed E-state index contributed by atoms with van der Waals surface area (Å²) in [5.41, 5.74) is 3.28. The number of carbonyl (C=O) groups is 1. The fourth-order valence-corrected chi connectivity index (χ4v) is 2.41. The first-order valence-electron chi connectivity index (χ1n) is 5.85. The number of amides is 1. The molecule has 19 heavy (non-hydrogen) atoms. The van der Waals surface area contributed by atoms with Crippen molar-refractivity contribution in [2.75, 3.05) is 5.32 Å². The van der Waals surface area contributed by atoms with Gasteiger partial charge in [0.1, 0.15) is 5.75 Å². The van der Waals surface area contributed by atoms with E-state index in [9.17, 15) is 9.90 Å². The van der Waals surface area contributed by atoms with Crippen molar-refractivity contribution in [3.8, 4) is 5.75 Å². The quantitative estimate of drug-likeness (QED) is 0.626. The van der Waals surface area contributed by atoms with Gasteiger partial charge in [0.2, 0.25) is 0 Å². The van der Waals surface area contributed by atoms with Crippen LogP contribution >= 0.6 is 22.6 Å². The summed E-state index contributed by atoms with van der Waals surface area (Å²) in [4.78, 5) is 12.2. The summed E-state index contributed by atoms with van der Waals surface area (Å²) in [6.07, 6.45) is 0. The van der Waals surface area contributed by atoms with Crippen molar-refractivity contribution in [1.82, 2.24) is 0 Å². The predicted molar refractivity (Wildman–Crippen MR) is 84.7 cm³/mol. The highest BCUT2D eigenvalue weighted by atomic mass is 127. The summed E-state index contributed by atoms with van der Waals surface area (Å²) in [5.74, 6) is 0.0579. The Morgan fingerprint density at radius 1 is 1.16 bits per heavy atom. The fraction of sp³-hybridized carbons (Fsp3) is 0.133. The van der Waals surface area contributed by atoms with Gasteiger partial charge >= 0.3 is 0 Å². The second-order valence-electron chi connectivity index (χ2n) is 4.39. The molecule has 0 unspecified atom stereocenters. The number of hydrogen-bond donors (Lipinski definition) is 2. The highest BCUT2D eigenvalue weighted by Gasteiger charge is 2.12. The lowest BCUT2D eigenvalue weighted by Gasteiger charge is -2.10. The van der Waals surface area contributed by atoms with E-state index in [1.807, 2.05) is 26.0 Å². The van der Waals surface area contributed by atoms with Gasteiger partial charge in [-0.1, -0.05) is 12.1 Å². The minimum atomic E-state index is -0.137. The number of aromatic hydroxyl groups is 1. The van der Waals surface area contributed by atoms with Crippen LogP contribution < -0.4 is 5.32 Å². The number of rotatable bonds is 2. The van der Waals surface area contributed by atoms with Crippen molar-refractivity contribution >= 4 is 34.2 Å². The highest BCUT2D eigenvalue weighted by Crippen LogP contribution is 2.22. The highest BCUT2D eigenvalue weighted by molar-refractivity contribution is 14.1. The number of benzene rings is 2. The van der Waals surface area contributed by atoms with Crippen LogP contribution in [0.5, 0.6) is 5.75 Å². The first kappa shape index (κ1) is 13.9. The van der Waals surface area contributed by atoms with Crippen LogP contribution in [0.25, 0.3) is 0 Å². The van der Waals surface area contributed by atoms with Gasteiger partial charge in [-0.2, -0.15) is 0 Å². The van der Waals surface area contributed by atoms with Crippen LogP contribution in [0, 0.1) is 17.4 Å². The Labute approximate surface area is 125 Å². The van der Waals surface area contributed by atoms with Gasteiger partial charge in [-0.25, -0.2) is 0 Å². The van der Waals surface area contributed by atoms with E-state index in [2.05, 4.69) is 27.9 Å². The van der Waals surface area contributed by atoms with E-state index in [-0.39, 0.29) is 11.7 Å². The zero-order valence-corrected chi connectivity index (χ0v) is 12.9. The molecule has 2 aromatic rings. The number of carbonyl (C=O) groups excluding carboxylic acids is 1. The van der Waals surface area contributed by atoms with Crippen molar-refractivity contribution in [3.05, 3.63) is 56.7 Å². The third kappa shape index (κ3) is 3.07. The zero-order valence-electron chi connectivity index (χ0n) is 10.7. The number of halogens is 1. The molecule has 2 aromatic carbocycles. The molecule has 0 aliphatic carbocycles. The molecule has 0 saturated carbocycles. The Balaban J connectivity index is 2.28. The van der Waals surface area contributed by atoms with Crippen LogP contribution in [0.2, 0.25) is 0 Å². The van der Waals surface area contributed by atoms with Crippen LogP contribution in [0.3, 0.4) is 0 Å². The second kappa shape index (κ2) is 5.61. The van der Waals surface area contributed by atoms with Crippen molar-refractivity contribution in [3.63, 3.8) is 0 Å². The standard InChI is InChI=1S/C15H14INO2/c1-9-4-3-5-12(14(9)16)15(19)17-13-7-6-11(18)8-10(13)2/h3-8,18H,1-2H3,(H,17,19). The van der Waals surface area contributed by atoms with Gasteiger partial charge in [0.15, 0.2) is 0 Å². The Bertz CT molecular complexity index is 638. The van der Waals surface area contributed by atoms with E-state index in [0.29, 0.717) is 11.3 Å². The van der Waals surface area contributed by atoms with E-state index >= 15 is 0 Å². The summed E-state index contributed by atoms with van der Waals surface area (Å²) in [5, 5.41) is 12.2. The molecule has 0 aromatic heterocycles. The third-order valence-electron chi connectivity index (χ3n) is 2.89. The summed E-state index contributed by atoms with van der Waals surface area (Å²) < 4.78 is 0.953. The summed E-state index contributed by atoms with van der Waals surface area (Å²) in [6.45, 7) is 3.82. The van der Waals surface area contributed by atoms with Crippen molar-refractivity contribution in [2.45, 2.75) is 13.8 Å². The number of anilines is 1. The Morgan fingerprint density at radius 2 is 1.89 bits per heavy atom. The van der Waals surface area contributed by atoms with Crippen molar-refractivity contribution in [2.24, 2.45) is 0 Å². The van der Waals surface area contributed by atoms with E-state index in [1.54, 1.807) is 24.3 Å². The van der Waals surface area contributed by atoms with E-state index in [4.69, 9.17) is 0 Å². The molecule has 0 saturated heterocycles. The first-order valence-corrected chi connectivity index (χ1v) is 6.93. The predicted octanol–water partition coefficient (Wildman–Crippen LogP) is 3.87. The lowest BCUT2D eigenvalue weighted by Crippen LogP contribution is -2.14. The summed E-state index contributed by atoms with van der Waals surface area (Å²) in [6, 6.07) is 10.5. The molecule has 0 fully saturated rings. The number of hydrogen-bond acceptors (Lipinski definition) is 2. The fourth-order valence-electron chi connectivity index (χ4n) is 1.80. The maximum atomic E-state index is 12.2. The minimum absolute atomic E-state index is 0.137. The van der Waals surface area contributed by atoms with Gasteiger partial charge in [-0.3, -0.25) is 4.79 Å². The lowest BCUT2D eigenvalue weighted by atomic mass is 10.1. The van der Waals surface area contributed by atoms with E-state index in [0.717, 1.165) is 14.7 Å². The molecule has 0 radical (unpaired) electrons. The molecule has 4 heteroatoms. The maximum absolute atomic E-state index is 12.2. The van der Waals surface area contributed by atoms with Gasteiger partial charge in [0.25, 0.3) is 5.91 Å². The molecule has 0 bridgehead atoms. The molecule has 0 aliphatic rings. The molecule has 0 heterocycles. The normalized spacial score (nSPS) is 10.3. The van der Waals surface area contributed by atoms with Gasteiger partial charge < -0.3 is 10.4 Å². The van der Waals surface area contributed by atoms with E-state index < -0.39 is 0 Å². The molecular weight excluding hydrogens is 353 g/mol. The molecular formula is C15H14INO2. The minimum Gasteiger partial charge on any atom is -0.508 e. The molecule has 2 rings (SSSR count). The van der Waals surface area contributed by atoms with E-state index in [1.165, 1.54) is 0 Å². The van der Waals surface area contributed by atoms with Gasteiger partial charge in [-0.05, 0) is 71.8 Å². The van der Waals surface area contributed by atoms with Crippen molar-refractivity contribution < 1.29 is 9.90 Å². The monoisotopic (exact) mass is 367 g/mol. The third-order valence-corrected chi connectivity index (χ3v) is 4.33. The topological polar surface area (TPSA) is 49.3 Å². The molecule has 98 valence electrons. The van der Waals surface area contributed by atoms with Crippen LogP contribution in [0.15, 0.2) is 36.4 Å². The van der Waals surface area contributed by atoms with Gasteiger partial charge in [-0.15, -0.1) is 0 Å². The molecule has 2 N–H and O–H groups in total. The molecule has 0 atom stereocenters. The number of nitrogens with one attached hydrogen (secondary N) is 1. The first-order chi connectivity index (χ1) is 8.99. The number of phenols is 1. The summed E-state index contributed by atoms with van der Waals surface area (Å²) in [7, 11) is 0. The average Bonchev–Trinajstić information content (AvgIpc) is 2.36. The Hall–Kier alpha value is -1.56. The molecule has 0 spiro atoms. The Kier molecular flexibility index (Phi) is 4.09. The van der Waals surface area contributed by atoms with Crippen LogP contribution in [0.4, 0.5) is 5.69 Å². The molecule has 0 aliphatic heterocycles. The van der Waals surface area contributed by atoms with Crippen LogP contribution in [0.1, 0.15) is 21.5 Å². The van der Waals surface area contributed by atoms with Gasteiger partial charge in [0.05, 0.1) is 5.56 Å². The lowest BCUT2D eigenvalue weighted by molar-refractivity contribution is 0.102. The maximum Gasteiger partial charge on any atom is 0.256 e. The average molecular weight is 367 g/mol. The van der Waals surface area contributed by atoms with Crippen molar-refractivity contribution in [1.29, 1.82) is 0 Å². The zero-order chi connectivity index (χ0) is 14.0. The van der Waals surface area contributed by atoms with Crippen LogP contribution in [-0.4, -0.2) is 11.0 Å². The smallest absolute Gasteiger partial charge is 0.256 e. The Morgan fingerprint density at radius 3 is 2.58 bits per heavy atom. The van der Waals surface area contributed by atoms with Crippen LogP contribution in [-0.2, 0) is 0 Å².